The summed E-state index contributed by atoms with van der Waals surface area (Å²) in [6, 6.07) is 19.2. The van der Waals surface area contributed by atoms with Crippen molar-refractivity contribution in [1.29, 1.82) is 5.26 Å². The Kier molecular flexibility index (Phi) is 5.71. The summed E-state index contributed by atoms with van der Waals surface area (Å²) in [5.74, 6) is 0.416. The number of carbonyl (C=O) groups excluding carboxylic acids is 1. The van der Waals surface area contributed by atoms with Crippen LogP contribution >= 0.6 is 0 Å². The second-order valence-electron chi connectivity index (χ2n) is 6.63. The van der Waals surface area contributed by atoms with Gasteiger partial charge in [0.1, 0.15) is 17.5 Å². The first-order valence-electron chi connectivity index (χ1n) is 9.09. The quantitative estimate of drug-likeness (QED) is 0.538. The van der Waals surface area contributed by atoms with Crippen molar-refractivity contribution in [2.75, 3.05) is 0 Å². The van der Waals surface area contributed by atoms with Gasteiger partial charge in [0.05, 0.1) is 6.04 Å². The minimum atomic E-state index is -0.388. The molecule has 3 aromatic rings. The predicted octanol–water partition coefficient (Wildman–Crippen LogP) is 4.27. The van der Waals surface area contributed by atoms with Gasteiger partial charge < -0.3 is 9.88 Å². The number of nitriles is 1. The maximum Gasteiger partial charge on any atom is 0.262 e. The van der Waals surface area contributed by atoms with E-state index < -0.39 is 0 Å². The van der Waals surface area contributed by atoms with Crippen molar-refractivity contribution in [2.45, 2.75) is 26.8 Å². The smallest absolute Gasteiger partial charge is 0.262 e. The van der Waals surface area contributed by atoms with Crippen LogP contribution in [0.25, 0.3) is 11.9 Å². The first-order valence-corrected chi connectivity index (χ1v) is 9.09. The van der Waals surface area contributed by atoms with Crippen molar-refractivity contribution in [2.24, 2.45) is 0 Å². The van der Waals surface area contributed by atoms with Gasteiger partial charge in [-0.3, -0.25) is 4.79 Å². The molecule has 0 aliphatic heterocycles. The van der Waals surface area contributed by atoms with Crippen LogP contribution in [0.3, 0.4) is 0 Å². The van der Waals surface area contributed by atoms with Gasteiger partial charge in [0.25, 0.3) is 5.91 Å². The van der Waals surface area contributed by atoms with Crippen LogP contribution in [-0.4, -0.2) is 15.5 Å². The van der Waals surface area contributed by atoms with E-state index in [1.54, 1.807) is 12.3 Å². The Balaban J connectivity index is 1.87. The Hall–Kier alpha value is -3.65. The summed E-state index contributed by atoms with van der Waals surface area (Å²) in [5.41, 5.74) is 3.79. The fourth-order valence-electron chi connectivity index (χ4n) is 3.18. The van der Waals surface area contributed by atoms with Crippen LogP contribution in [0.4, 0.5) is 0 Å². The Labute approximate surface area is 165 Å². The Morgan fingerprint density at radius 1 is 1.18 bits per heavy atom. The lowest BCUT2D eigenvalue weighted by atomic mass is 10.1. The van der Waals surface area contributed by atoms with E-state index in [-0.39, 0.29) is 17.5 Å². The van der Waals surface area contributed by atoms with E-state index in [1.807, 2.05) is 86.0 Å². The highest BCUT2D eigenvalue weighted by molar-refractivity contribution is 6.02. The number of carbonyl (C=O) groups is 1. The van der Waals surface area contributed by atoms with Gasteiger partial charge in [-0.05, 0) is 56.2 Å². The van der Waals surface area contributed by atoms with Crippen LogP contribution in [0, 0.1) is 25.2 Å². The Morgan fingerprint density at radius 2 is 1.89 bits per heavy atom. The summed E-state index contributed by atoms with van der Waals surface area (Å²) < 4.78 is 2.01. The monoisotopic (exact) mass is 370 g/mol. The van der Waals surface area contributed by atoms with Crippen LogP contribution < -0.4 is 5.32 Å². The molecule has 0 aliphatic rings. The molecule has 2 aromatic heterocycles. The third kappa shape index (κ3) is 4.02. The molecule has 0 fully saturated rings. The van der Waals surface area contributed by atoms with Gasteiger partial charge in [-0.25, -0.2) is 4.98 Å². The zero-order valence-corrected chi connectivity index (χ0v) is 16.2. The Bertz CT molecular complexity index is 1040. The molecule has 5 nitrogen and oxygen atoms in total. The molecule has 0 aliphatic carbocycles. The summed E-state index contributed by atoms with van der Waals surface area (Å²) in [6.45, 7) is 5.82. The van der Waals surface area contributed by atoms with Crippen molar-refractivity contribution in [3.63, 3.8) is 0 Å². The highest BCUT2D eigenvalue weighted by Gasteiger charge is 2.16. The number of hydrogen-bond acceptors (Lipinski definition) is 3. The number of nitrogens with one attached hydrogen (secondary N) is 1. The van der Waals surface area contributed by atoms with Crippen molar-refractivity contribution in [3.05, 3.63) is 88.9 Å². The SMILES string of the molecule is Cc1cc(/C=C(/C#N)C(=O)N[C@H](C)c2ccccc2)c(C)n1-c1ccccn1. The number of rotatable bonds is 5. The fourth-order valence-corrected chi connectivity index (χ4v) is 3.18. The number of aryl methyl sites for hydroxylation is 1. The number of aromatic nitrogens is 2. The van der Waals surface area contributed by atoms with E-state index >= 15 is 0 Å². The maximum absolute atomic E-state index is 12.6. The first-order chi connectivity index (χ1) is 13.5. The van der Waals surface area contributed by atoms with Crippen molar-refractivity contribution in [1.82, 2.24) is 14.9 Å². The molecule has 5 heteroatoms. The van der Waals surface area contributed by atoms with Gasteiger partial charge in [0.15, 0.2) is 0 Å². The van der Waals surface area contributed by atoms with Crippen molar-refractivity contribution >= 4 is 12.0 Å². The molecule has 3 rings (SSSR count). The molecule has 0 radical (unpaired) electrons. The van der Waals surface area contributed by atoms with Gasteiger partial charge in [-0.15, -0.1) is 0 Å². The van der Waals surface area contributed by atoms with Gasteiger partial charge in [-0.1, -0.05) is 36.4 Å². The number of benzene rings is 1. The van der Waals surface area contributed by atoms with E-state index in [1.165, 1.54) is 0 Å². The summed E-state index contributed by atoms with van der Waals surface area (Å²) in [5, 5.41) is 12.4. The largest absolute Gasteiger partial charge is 0.345 e. The molecule has 1 N–H and O–H groups in total. The van der Waals surface area contributed by atoms with E-state index in [2.05, 4.69) is 10.3 Å². The molecule has 0 saturated carbocycles. The molecular weight excluding hydrogens is 348 g/mol. The Morgan fingerprint density at radius 3 is 2.54 bits per heavy atom. The maximum atomic E-state index is 12.6. The van der Waals surface area contributed by atoms with Crippen LogP contribution in [-0.2, 0) is 4.79 Å². The van der Waals surface area contributed by atoms with Gasteiger partial charge in [0, 0.05) is 17.6 Å². The summed E-state index contributed by atoms with van der Waals surface area (Å²) in [4.78, 5) is 17.0. The van der Waals surface area contributed by atoms with Gasteiger partial charge in [-0.2, -0.15) is 5.26 Å². The third-order valence-electron chi connectivity index (χ3n) is 4.66. The molecule has 2 heterocycles. The van der Waals surface area contributed by atoms with E-state index in [0.29, 0.717) is 0 Å². The molecule has 0 bridgehead atoms. The molecule has 1 amide bonds. The average Bonchev–Trinajstić information content (AvgIpc) is 3.00. The molecule has 1 aromatic carbocycles. The van der Waals surface area contributed by atoms with E-state index in [0.717, 1.165) is 28.3 Å². The standard InChI is InChI=1S/C23H22N4O/c1-16-13-20(18(3)27(16)22-11-7-8-12-25-22)14-21(15-24)23(28)26-17(2)19-9-5-4-6-10-19/h4-14,17H,1-3H3,(H,26,28)/b21-14-/t17-/m1/s1. The zero-order valence-electron chi connectivity index (χ0n) is 16.2. The molecule has 0 saturated heterocycles. The minimum Gasteiger partial charge on any atom is -0.345 e. The van der Waals surface area contributed by atoms with Crippen LogP contribution in [0.5, 0.6) is 0 Å². The first kappa shape index (κ1) is 19.1. The third-order valence-corrected chi connectivity index (χ3v) is 4.66. The molecule has 28 heavy (non-hydrogen) atoms. The lowest BCUT2D eigenvalue weighted by Gasteiger charge is -2.13. The van der Waals surface area contributed by atoms with Gasteiger partial charge in [0.2, 0.25) is 0 Å². The summed E-state index contributed by atoms with van der Waals surface area (Å²) in [7, 11) is 0. The zero-order chi connectivity index (χ0) is 20.1. The molecular formula is C23H22N4O. The number of hydrogen-bond donors (Lipinski definition) is 1. The normalized spacial score (nSPS) is 12.3. The van der Waals surface area contributed by atoms with Crippen LogP contribution in [0.2, 0.25) is 0 Å². The van der Waals surface area contributed by atoms with E-state index in [9.17, 15) is 10.1 Å². The van der Waals surface area contributed by atoms with Gasteiger partial charge >= 0.3 is 0 Å². The van der Waals surface area contributed by atoms with E-state index in [4.69, 9.17) is 0 Å². The minimum absolute atomic E-state index is 0.0732. The van der Waals surface area contributed by atoms with Crippen LogP contribution in [0.1, 0.15) is 35.5 Å². The number of amides is 1. The highest BCUT2D eigenvalue weighted by atomic mass is 16.1. The summed E-state index contributed by atoms with van der Waals surface area (Å²) >= 11 is 0. The average molecular weight is 370 g/mol. The topological polar surface area (TPSA) is 70.7 Å². The lowest BCUT2D eigenvalue weighted by molar-refractivity contribution is -0.117. The molecule has 0 spiro atoms. The second-order valence-corrected chi connectivity index (χ2v) is 6.63. The fraction of sp³-hybridized carbons (Fsp3) is 0.174. The predicted molar refractivity (Wildman–Crippen MR) is 110 cm³/mol. The second kappa shape index (κ2) is 8.36. The summed E-state index contributed by atoms with van der Waals surface area (Å²) in [6.07, 6.45) is 3.37. The molecule has 140 valence electrons. The molecule has 1 atom stereocenters. The van der Waals surface area contributed by atoms with Crippen molar-refractivity contribution < 1.29 is 4.79 Å². The molecule has 0 unspecified atom stereocenters. The van der Waals surface area contributed by atoms with Crippen molar-refractivity contribution in [3.8, 4) is 11.9 Å². The number of pyridine rings is 1. The number of nitrogens with zero attached hydrogens (tertiary/aromatic N) is 3. The lowest BCUT2D eigenvalue weighted by Crippen LogP contribution is -2.27. The van der Waals surface area contributed by atoms with Crippen LogP contribution in [0.15, 0.2) is 66.4 Å². The highest BCUT2D eigenvalue weighted by Crippen LogP contribution is 2.22.